The maximum Gasteiger partial charge on any atom is 0.326 e. The van der Waals surface area contributed by atoms with Gasteiger partial charge in [-0.2, -0.15) is 0 Å². The second-order valence-electron chi connectivity index (χ2n) is 3.23. The van der Waals surface area contributed by atoms with E-state index in [4.69, 9.17) is 15.3 Å². The smallest absolute Gasteiger partial charge is 0.326 e. The fourth-order valence-corrected chi connectivity index (χ4v) is 1.00. The molecule has 1 unspecified atom stereocenters. The molecule has 88 valence electrons. The van der Waals surface area contributed by atoms with E-state index in [1.54, 1.807) is 6.92 Å². The van der Waals surface area contributed by atoms with E-state index in [2.05, 4.69) is 5.32 Å². The number of aliphatic hydroxyl groups is 2. The lowest BCUT2D eigenvalue weighted by molar-refractivity contribution is -0.142. The Morgan fingerprint density at radius 2 is 1.93 bits per heavy atom. The van der Waals surface area contributed by atoms with Crippen LogP contribution in [0.25, 0.3) is 0 Å². The summed E-state index contributed by atoms with van der Waals surface area (Å²) in [7, 11) is 0. The van der Waals surface area contributed by atoms with Gasteiger partial charge in [0.05, 0.1) is 12.7 Å². The lowest BCUT2D eigenvalue weighted by atomic mass is 10.1. The van der Waals surface area contributed by atoms with Gasteiger partial charge in [0.25, 0.3) is 0 Å². The predicted molar refractivity (Wildman–Crippen MR) is 52.2 cm³/mol. The molecule has 0 saturated heterocycles. The molecule has 1 amide bonds. The van der Waals surface area contributed by atoms with Crippen LogP contribution in [0.15, 0.2) is 0 Å². The fraction of sp³-hybridized carbons (Fsp3) is 0.778. The van der Waals surface area contributed by atoms with Gasteiger partial charge in [0.1, 0.15) is 6.04 Å². The Bertz CT molecular complexity index is 219. The van der Waals surface area contributed by atoms with Crippen LogP contribution in [0.5, 0.6) is 0 Å². The standard InChI is InChI=1S/C9H17NO5/c1-2-8(13)10-7(9(14)15)4-3-6(12)5-11/h6-7,11-12H,2-5H2,1H3,(H,10,13)(H,14,15)/t6-,7?/m0/s1. The van der Waals surface area contributed by atoms with Gasteiger partial charge in [0.2, 0.25) is 5.91 Å². The number of carbonyl (C=O) groups is 2. The van der Waals surface area contributed by atoms with Crippen LogP contribution >= 0.6 is 0 Å². The van der Waals surface area contributed by atoms with E-state index < -0.39 is 24.7 Å². The maximum absolute atomic E-state index is 11.0. The van der Waals surface area contributed by atoms with Crippen LogP contribution in [0.3, 0.4) is 0 Å². The summed E-state index contributed by atoms with van der Waals surface area (Å²) >= 11 is 0. The molecule has 0 saturated carbocycles. The molecule has 0 spiro atoms. The lowest BCUT2D eigenvalue weighted by Crippen LogP contribution is -2.41. The number of hydrogen-bond donors (Lipinski definition) is 4. The second kappa shape index (κ2) is 7.19. The van der Waals surface area contributed by atoms with Gasteiger partial charge in [0, 0.05) is 6.42 Å². The van der Waals surface area contributed by atoms with Crippen LogP contribution in [0.1, 0.15) is 26.2 Å². The van der Waals surface area contributed by atoms with Crippen LogP contribution in [0.2, 0.25) is 0 Å². The molecule has 2 atom stereocenters. The topological polar surface area (TPSA) is 107 Å². The summed E-state index contributed by atoms with van der Waals surface area (Å²) in [6.45, 7) is 1.21. The van der Waals surface area contributed by atoms with Gasteiger partial charge < -0.3 is 20.6 Å². The zero-order chi connectivity index (χ0) is 11.8. The molecule has 0 heterocycles. The van der Waals surface area contributed by atoms with Crippen LogP contribution in [0.4, 0.5) is 0 Å². The fourth-order valence-electron chi connectivity index (χ4n) is 1.00. The van der Waals surface area contributed by atoms with Crippen LogP contribution in [0, 0.1) is 0 Å². The highest BCUT2D eigenvalue weighted by Gasteiger charge is 2.19. The number of aliphatic carboxylic acids is 1. The van der Waals surface area contributed by atoms with Gasteiger partial charge >= 0.3 is 5.97 Å². The molecule has 0 aromatic rings. The molecule has 0 aliphatic rings. The van der Waals surface area contributed by atoms with E-state index in [0.29, 0.717) is 0 Å². The number of nitrogens with one attached hydrogen (secondary N) is 1. The zero-order valence-electron chi connectivity index (χ0n) is 8.64. The average Bonchev–Trinajstić information content (AvgIpc) is 2.22. The molecule has 15 heavy (non-hydrogen) atoms. The Kier molecular flexibility index (Phi) is 6.64. The Balaban J connectivity index is 4.05. The molecule has 6 heteroatoms. The Morgan fingerprint density at radius 1 is 1.33 bits per heavy atom. The summed E-state index contributed by atoms with van der Waals surface area (Å²) in [6, 6.07) is -1.00. The third-order valence-corrected chi connectivity index (χ3v) is 1.95. The van der Waals surface area contributed by atoms with E-state index in [-0.39, 0.29) is 25.2 Å². The third kappa shape index (κ3) is 6.03. The SMILES string of the molecule is CCC(=O)NC(CC[C@H](O)CO)C(=O)O. The molecular formula is C9H17NO5. The lowest BCUT2D eigenvalue weighted by Gasteiger charge is -2.15. The van der Waals surface area contributed by atoms with Crippen LogP contribution < -0.4 is 5.32 Å². The van der Waals surface area contributed by atoms with Crippen molar-refractivity contribution in [2.45, 2.75) is 38.3 Å². The van der Waals surface area contributed by atoms with Crippen molar-refractivity contribution in [3.05, 3.63) is 0 Å². The molecule has 4 N–H and O–H groups in total. The predicted octanol–water partition coefficient (Wildman–Crippen LogP) is -0.901. The highest BCUT2D eigenvalue weighted by Crippen LogP contribution is 2.02. The molecule has 0 aliphatic carbocycles. The largest absolute Gasteiger partial charge is 0.480 e. The van der Waals surface area contributed by atoms with E-state index in [1.807, 2.05) is 0 Å². The molecular weight excluding hydrogens is 202 g/mol. The third-order valence-electron chi connectivity index (χ3n) is 1.95. The van der Waals surface area contributed by atoms with Crippen molar-refractivity contribution >= 4 is 11.9 Å². The van der Waals surface area contributed by atoms with E-state index in [9.17, 15) is 9.59 Å². The first-order valence-electron chi connectivity index (χ1n) is 4.82. The minimum absolute atomic E-state index is 0.100. The van der Waals surface area contributed by atoms with Gasteiger partial charge in [-0.25, -0.2) is 4.79 Å². The van der Waals surface area contributed by atoms with Crippen molar-refractivity contribution in [2.24, 2.45) is 0 Å². The molecule has 6 nitrogen and oxygen atoms in total. The number of amides is 1. The van der Waals surface area contributed by atoms with Crippen molar-refractivity contribution in [1.82, 2.24) is 5.32 Å². The Morgan fingerprint density at radius 3 is 2.33 bits per heavy atom. The summed E-state index contributed by atoms with van der Waals surface area (Å²) in [5, 5.41) is 28.6. The van der Waals surface area contributed by atoms with Gasteiger partial charge in [-0.1, -0.05) is 6.92 Å². The average molecular weight is 219 g/mol. The van der Waals surface area contributed by atoms with E-state index in [0.717, 1.165) is 0 Å². The monoisotopic (exact) mass is 219 g/mol. The Labute approximate surface area is 87.9 Å². The number of carboxylic acids is 1. The van der Waals surface area contributed by atoms with Gasteiger partial charge in [-0.3, -0.25) is 4.79 Å². The minimum Gasteiger partial charge on any atom is -0.480 e. The molecule has 0 aromatic heterocycles. The summed E-state index contributed by atoms with van der Waals surface area (Å²) in [4.78, 5) is 21.6. The highest BCUT2D eigenvalue weighted by atomic mass is 16.4. The summed E-state index contributed by atoms with van der Waals surface area (Å²) in [5.41, 5.74) is 0. The quantitative estimate of drug-likeness (QED) is 0.444. The van der Waals surface area contributed by atoms with Gasteiger partial charge in [-0.05, 0) is 12.8 Å². The highest BCUT2D eigenvalue weighted by molar-refractivity contribution is 5.83. The molecule has 0 fully saturated rings. The molecule has 0 radical (unpaired) electrons. The Hall–Kier alpha value is -1.14. The number of aliphatic hydroxyl groups excluding tert-OH is 2. The summed E-state index contributed by atoms with van der Waals surface area (Å²) in [5.74, 6) is -1.48. The van der Waals surface area contributed by atoms with Crippen molar-refractivity contribution in [2.75, 3.05) is 6.61 Å². The summed E-state index contributed by atoms with van der Waals surface area (Å²) in [6.07, 6.45) is -0.488. The number of rotatable bonds is 7. The van der Waals surface area contributed by atoms with Crippen molar-refractivity contribution in [3.63, 3.8) is 0 Å². The van der Waals surface area contributed by atoms with Crippen molar-refractivity contribution < 1.29 is 24.9 Å². The first-order chi connectivity index (χ1) is 7.01. The normalized spacial score (nSPS) is 14.3. The number of carboxylic acid groups (broad SMARTS) is 1. The first-order valence-corrected chi connectivity index (χ1v) is 4.82. The van der Waals surface area contributed by atoms with E-state index >= 15 is 0 Å². The van der Waals surface area contributed by atoms with Crippen molar-refractivity contribution in [3.8, 4) is 0 Å². The second-order valence-corrected chi connectivity index (χ2v) is 3.23. The molecule has 0 aliphatic heterocycles. The minimum atomic E-state index is -1.14. The van der Waals surface area contributed by atoms with Crippen molar-refractivity contribution in [1.29, 1.82) is 0 Å². The maximum atomic E-state index is 11.0. The molecule has 0 bridgehead atoms. The molecule has 0 aromatic carbocycles. The van der Waals surface area contributed by atoms with E-state index in [1.165, 1.54) is 0 Å². The number of hydrogen-bond acceptors (Lipinski definition) is 4. The number of carbonyl (C=O) groups excluding carboxylic acids is 1. The zero-order valence-corrected chi connectivity index (χ0v) is 8.64. The van der Waals surface area contributed by atoms with Crippen LogP contribution in [-0.2, 0) is 9.59 Å². The van der Waals surface area contributed by atoms with Gasteiger partial charge in [-0.15, -0.1) is 0 Å². The van der Waals surface area contributed by atoms with Crippen LogP contribution in [-0.4, -0.2) is 45.9 Å². The molecule has 0 rings (SSSR count). The first kappa shape index (κ1) is 13.9. The summed E-state index contributed by atoms with van der Waals surface area (Å²) < 4.78 is 0. The van der Waals surface area contributed by atoms with Gasteiger partial charge in [0.15, 0.2) is 0 Å².